The first-order valence-corrected chi connectivity index (χ1v) is 15.5. The number of fused-ring (bicyclic) bond motifs is 1. The molecular weight excluding hydrogens is 634 g/mol. The van der Waals surface area contributed by atoms with Crippen molar-refractivity contribution < 1.29 is 52.4 Å². The first kappa shape index (κ1) is 35.2. The van der Waals surface area contributed by atoms with Crippen LogP contribution in [0, 0.1) is 0 Å². The van der Waals surface area contributed by atoms with E-state index < -0.39 is 30.0 Å². The summed E-state index contributed by atoms with van der Waals surface area (Å²) in [5.41, 5.74) is 1.92. The number of amides is 2. The Labute approximate surface area is 283 Å². The minimum absolute atomic E-state index is 0.115. The van der Waals surface area contributed by atoms with E-state index in [1.165, 1.54) is 18.2 Å². The third-order valence-electron chi connectivity index (χ3n) is 7.35. The molecule has 1 aliphatic heterocycles. The largest absolute Gasteiger partial charge is 0.464 e. The van der Waals surface area contributed by atoms with E-state index in [-0.39, 0.29) is 48.4 Å². The number of rotatable bonds is 19. The summed E-state index contributed by atoms with van der Waals surface area (Å²) in [6.45, 7) is 1.02. The van der Waals surface area contributed by atoms with Gasteiger partial charge in [0.1, 0.15) is 0 Å². The van der Waals surface area contributed by atoms with Crippen LogP contribution in [-0.4, -0.2) is 77.1 Å². The van der Waals surface area contributed by atoms with Gasteiger partial charge in [0.15, 0.2) is 31.2 Å². The molecule has 0 aromatic heterocycles. The molecule has 0 N–H and O–H groups in total. The highest BCUT2D eigenvalue weighted by atomic mass is 16.7. The molecular formula is C37H37NO11. The molecule has 49 heavy (non-hydrogen) atoms. The van der Waals surface area contributed by atoms with Gasteiger partial charge in [-0.1, -0.05) is 78.9 Å². The van der Waals surface area contributed by atoms with Gasteiger partial charge in [0.05, 0.1) is 37.6 Å². The van der Waals surface area contributed by atoms with Gasteiger partial charge in [-0.3, -0.25) is 9.59 Å². The van der Waals surface area contributed by atoms with Crippen molar-refractivity contribution >= 4 is 17.8 Å². The molecule has 0 fully saturated rings. The number of benzene rings is 4. The first-order valence-electron chi connectivity index (χ1n) is 15.5. The summed E-state index contributed by atoms with van der Waals surface area (Å²) in [5, 5.41) is 0.582. The van der Waals surface area contributed by atoms with Gasteiger partial charge in [-0.25, -0.2) is 9.63 Å². The van der Waals surface area contributed by atoms with Gasteiger partial charge in [-0.05, 0) is 41.0 Å². The molecule has 12 nitrogen and oxygen atoms in total. The summed E-state index contributed by atoms with van der Waals surface area (Å²) in [6, 6.07) is 29.3. The van der Waals surface area contributed by atoms with E-state index in [1.807, 2.05) is 60.7 Å². The normalized spacial score (nSPS) is 13.0. The fourth-order valence-electron chi connectivity index (χ4n) is 4.90. The van der Waals surface area contributed by atoms with Gasteiger partial charge < -0.3 is 33.2 Å². The Bertz CT molecular complexity index is 1610. The van der Waals surface area contributed by atoms with Gasteiger partial charge in [-0.2, -0.15) is 0 Å². The maximum Gasteiger partial charge on any atom is 0.343 e. The Balaban J connectivity index is 1.48. The fourth-order valence-corrected chi connectivity index (χ4v) is 4.90. The highest BCUT2D eigenvalue weighted by Crippen LogP contribution is 2.36. The second-order valence-electron chi connectivity index (χ2n) is 10.6. The summed E-state index contributed by atoms with van der Waals surface area (Å²) < 4.78 is 38.8. The molecule has 256 valence electrons. The number of carbonyl (C=O) groups is 3. The monoisotopic (exact) mass is 671 g/mol. The van der Waals surface area contributed by atoms with Gasteiger partial charge in [0.25, 0.3) is 11.8 Å². The van der Waals surface area contributed by atoms with Crippen LogP contribution in [0.5, 0.6) is 11.5 Å². The number of methoxy groups -OCH3 is 2. The predicted octanol–water partition coefficient (Wildman–Crippen LogP) is 5.29. The molecule has 1 unspecified atom stereocenters. The van der Waals surface area contributed by atoms with Crippen LogP contribution in [0.1, 0.15) is 49.6 Å². The second kappa shape index (κ2) is 17.9. The molecule has 1 aliphatic rings. The highest BCUT2D eigenvalue weighted by Gasteiger charge is 2.41. The lowest BCUT2D eigenvalue weighted by molar-refractivity contribution is -0.185. The molecule has 0 radical (unpaired) electrons. The average Bonchev–Trinajstić information content (AvgIpc) is 3.38. The van der Waals surface area contributed by atoms with E-state index in [0.29, 0.717) is 36.0 Å². The Morgan fingerprint density at radius 2 is 1.12 bits per heavy atom. The van der Waals surface area contributed by atoms with Crippen LogP contribution in [0.3, 0.4) is 0 Å². The standard InChI is InChI=1S/C37H37NO11/c1-42-19-21-44-24-46-31-18-17-28(23-32(31)47-25-45-22-20-43-2)34(49-38-35(39)29-15-9-10-16-30(29)36(38)40)37(41)48-33(26-11-5-3-6-12-26)27-13-7-4-8-14-27/h3-18,23,33-34H,19-22,24-25H2,1-2H3. The number of hydrogen-bond donors (Lipinski definition) is 0. The second-order valence-corrected chi connectivity index (χ2v) is 10.6. The topological polar surface area (TPSA) is 128 Å². The van der Waals surface area contributed by atoms with E-state index in [0.717, 1.165) is 0 Å². The number of carbonyl (C=O) groups excluding carboxylic acids is 3. The zero-order chi connectivity index (χ0) is 34.4. The van der Waals surface area contributed by atoms with Crippen LogP contribution in [-0.2, 0) is 33.3 Å². The third-order valence-corrected chi connectivity index (χ3v) is 7.35. The predicted molar refractivity (Wildman–Crippen MR) is 175 cm³/mol. The number of hydrogen-bond acceptors (Lipinski definition) is 11. The van der Waals surface area contributed by atoms with Crippen molar-refractivity contribution in [1.82, 2.24) is 5.06 Å². The number of esters is 1. The number of hydroxylamine groups is 2. The van der Waals surface area contributed by atoms with Gasteiger partial charge in [-0.15, -0.1) is 5.06 Å². The molecule has 0 saturated carbocycles. The lowest BCUT2D eigenvalue weighted by Crippen LogP contribution is -2.35. The van der Waals surface area contributed by atoms with Crippen LogP contribution in [0.4, 0.5) is 0 Å². The molecule has 0 aliphatic carbocycles. The van der Waals surface area contributed by atoms with Crippen molar-refractivity contribution in [2.75, 3.05) is 54.2 Å². The smallest absolute Gasteiger partial charge is 0.343 e. The molecule has 4 aromatic rings. The molecule has 0 bridgehead atoms. The molecule has 1 atom stereocenters. The van der Waals surface area contributed by atoms with Gasteiger partial charge in [0, 0.05) is 14.2 Å². The highest BCUT2D eigenvalue weighted by molar-refractivity contribution is 6.20. The average molecular weight is 672 g/mol. The van der Waals surface area contributed by atoms with Gasteiger partial charge >= 0.3 is 5.97 Å². The van der Waals surface area contributed by atoms with Crippen molar-refractivity contribution in [1.29, 1.82) is 0 Å². The summed E-state index contributed by atoms with van der Waals surface area (Å²) in [6.07, 6.45) is -2.43. The SMILES string of the molecule is COCCOCOc1ccc(C(ON2C(=O)c3ccccc3C2=O)C(=O)OC(c2ccccc2)c2ccccc2)cc1OCOCCOC. The van der Waals surface area contributed by atoms with E-state index in [4.69, 9.17) is 38.0 Å². The quantitative estimate of drug-likeness (QED) is 0.0559. The zero-order valence-corrected chi connectivity index (χ0v) is 27.2. The first-order chi connectivity index (χ1) is 24.0. The number of ether oxygens (including phenoxy) is 7. The van der Waals surface area contributed by atoms with Crippen molar-refractivity contribution in [2.45, 2.75) is 12.2 Å². The summed E-state index contributed by atoms with van der Waals surface area (Å²) in [4.78, 5) is 46.9. The summed E-state index contributed by atoms with van der Waals surface area (Å²) in [7, 11) is 3.11. The van der Waals surface area contributed by atoms with Crippen molar-refractivity contribution in [3.8, 4) is 11.5 Å². The van der Waals surface area contributed by atoms with Crippen molar-refractivity contribution in [3.05, 3.63) is 131 Å². The summed E-state index contributed by atoms with van der Waals surface area (Å²) >= 11 is 0. The van der Waals surface area contributed by atoms with E-state index in [2.05, 4.69) is 0 Å². The third kappa shape index (κ3) is 9.08. The Morgan fingerprint density at radius 3 is 1.65 bits per heavy atom. The van der Waals surface area contributed by atoms with E-state index >= 15 is 0 Å². The Morgan fingerprint density at radius 1 is 0.612 bits per heavy atom. The Kier molecular flexibility index (Phi) is 12.8. The van der Waals surface area contributed by atoms with Crippen LogP contribution in [0.15, 0.2) is 103 Å². The minimum Gasteiger partial charge on any atom is -0.464 e. The molecule has 4 aromatic carbocycles. The molecule has 5 rings (SSSR count). The lowest BCUT2D eigenvalue weighted by atomic mass is 10.0. The van der Waals surface area contributed by atoms with Crippen molar-refractivity contribution in [2.24, 2.45) is 0 Å². The molecule has 12 heteroatoms. The Hall–Kier alpha value is -5.11. The maximum atomic E-state index is 14.2. The molecule has 2 amide bonds. The van der Waals surface area contributed by atoms with Crippen molar-refractivity contribution in [3.63, 3.8) is 0 Å². The minimum atomic E-state index is -1.60. The molecule has 0 spiro atoms. The zero-order valence-electron chi connectivity index (χ0n) is 27.2. The molecule has 0 saturated heterocycles. The summed E-state index contributed by atoms with van der Waals surface area (Å²) in [5.74, 6) is -1.84. The lowest BCUT2D eigenvalue weighted by Gasteiger charge is -2.25. The van der Waals surface area contributed by atoms with E-state index in [9.17, 15) is 14.4 Å². The van der Waals surface area contributed by atoms with Crippen LogP contribution in [0.25, 0.3) is 0 Å². The van der Waals surface area contributed by atoms with Crippen LogP contribution < -0.4 is 9.47 Å². The maximum absolute atomic E-state index is 14.2. The van der Waals surface area contributed by atoms with E-state index in [1.54, 1.807) is 38.5 Å². The fraction of sp³-hybridized carbons (Fsp3) is 0.270. The van der Waals surface area contributed by atoms with Crippen LogP contribution in [0.2, 0.25) is 0 Å². The van der Waals surface area contributed by atoms with Crippen LogP contribution >= 0.6 is 0 Å². The number of imide groups is 1. The molecule has 1 heterocycles. The number of nitrogens with zero attached hydrogens (tertiary/aromatic N) is 1. The van der Waals surface area contributed by atoms with Gasteiger partial charge in [0.2, 0.25) is 6.10 Å².